The summed E-state index contributed by atoms with van der Waals surface area (Å²) in [6, 6.07) is 6.69. The van der Waals surface area contributed by atoms with Crippen molar-refractivity contribution >= 4 is 11.7 Å². The predicted molar refractivity (Wildman–Crippen MR) is 62.9 cm³/mol. The Hall–Kier alpha value is -1.71. The molecule has 0 aromatic heterocycles. The fourth-order valence-electron chi connectivity index (χ4n) is 1.43. The fraction of sp³-hybridized carbons (Fsp3) is 0.417. The second-order valence-corrected chi connectivity index (χ2v) is 3.55. The Morgan fingerprint density at radius 2 is 2.06 bits per heavy atom. The fourth-order valence-corrected chi connectivity index (χ4v) is 1.43. The number of methoxy groups -OCH3 is 1. The molecule has 2 N–H and O–H groups in total. The van der Waals surface area contributed by atoms with E-state index in [0.717, 1.165) is 17.9 Å². The van der Waals surface area contributed by atoms with Crippen LogP contribution in [0, 0.1) is 0 Å². The lowest BCUT2D eigenvalue weighted by Gasteiger charge is -2.14. The summed E-state index contributed by atoms with van der Waals surface area (Å²) in [7, 11) is 1.60. The number of nitrogens with one attached hydrogen (secondary N) is 1. The third kappa shape index (κ3) is 3.46. The van der Waals surface area contributed by atoms with Gasteiger partial charge in [-0.2, -0.15) is 0 Å². The Bertz CT molecular complexity index is 335. The van der Waals surface area contributed by atoms with Gasteiger partial charge in [-0.15, -0.1) is 0 Å². The highest BCUT2D eigenvalue weighted by molar-refractivity contribution is 5.77. The molecular formula is C12H17NO3. The zero-order valence-electron chi connectivity index (χ0n) is 9.56. The molecule has 0 amide bonds. The van der Waals surface area contributed by atoms with E-state index in [9.17, 15) is 4.79 Å². The molecule has 1 atom stereocenters. The Morgan fingerprint density at radius 3 is 2.50 bits per heavy atom. The van der Waals surface area contributed by atoms with E-state index in [1.165, 1.54) is 0 Å². The van der Waals surface area contributed by atoms with Crippen LogP contribution in [0.4, 0.5) is 5.69 Å². The molecule has 16 heavy (non-hydrogen) atoms. The molecule has 1 aromatic rings. The summed E-state index contributed by atoms with van der Waals surface area (Å²) in [5.74, 6) is -0.0643. The van der Waals surface area contributed by atoms with Crippen LogP contribution in [0.5, 0.6) is 5.75 Å². The summed E-state index contributed by atoms with van der Waals surface area (Å²) in [5.41, 5.74) is 0.793. The van der Waals surface area contributed by atoms with Gasteiger partial charge in [0.1, 0.15) is 11.8 Å². The number of hydrogen-bond acceptors (Lipinski definition) is 3. The third-order valence-electron chi connectivity index (χ3n) is 2.31. The number of rotatable bonds is 6. The van der Waals surface area contributed by atoms with E-state index in [4.69, 9.17) is 9.84 Å². The molecular weight excluding hydrogens is 206 g/mol. The Balaban J connectivity index is 2.65. The van der Waals surface area contributed by atoms with Crippen molar-refractivity contribution in [1.82, 2.24) is 0 Å². The van der Waals surface area contributed by atoms with E-state index in [1.54, 1.807) is 19.2 Å². The van der Waals surface area contributed by atoms with Gasteiger partial charge < -0.3 is 15.2 Å². The summed E-state index contributed by atoms with van der Waals surface area (Å²) in [4.78, 5) is 10.9. The van der Waals surface area contributed by atoms with E-state index < -0.39 is 12.0 Å². The molecule has 1 rings (SSSR count). The van der Waals surface area contributed by atoms with Crippen LogP contribution in [0.3, 0.4) is 0 Å². The summed E-state index contributed by atoms with van der Waals surface area (Å²) >= 11 is 0. The van der Waals surface area contributed by atoms with Crippen molar-refractivity contribution in [3.8, 4) is 5.75 Å². The molecule has 0 saturated heterocycles. The minimum atomic E-state index is -0.822. The van der Waals surface area contributed by atoms with Gasteiger partial charge in [0.25, 0.3) is 0 Å². The number of ether oxygens (including phenoxy) is 1. The van der Waals surface area contributed by atoms with Crippen LogP contribution in [0.1, 0.15) is 19.8 Å². The number of carbonyl (C=O) groups is 1. The molecule has 0 fully saturated rings. The van der Waals surface area contributed by atoms with Crippen LogP contribution >= 0.6 is 0 Å². The molecule has 0 aliphatic carbocycles. The monoisotopic (exact) mass is 223 g/mol. The smallest absolute Gasteiger partial charge is 0.326 e. The molecule has 4 heteroatoms. The maximum Gasteiger partial charge on any atom is 0.326 e. The van der Waals surface area contributed by atoms with E-state index >= 15 is 0 Å². The lowest BCUT2D eigenvalue weighted by Crippen LogP contribution is -2.28. The van der Waals surface area contributed by atoms with Crippen molar-refractivity contribution in [2.24, 2.45) is 0 Å². The zero-order chi connectivity index (χ0) is 12.0. The lowest BCUT2D eigenvalue weighted by atomic mass is 10.1. The van der Waals surface area contributed by atoms with E-state index in [-0.39, 0.29) is 0 Å². The topological polar surface area (TPSA) is 58.6 Å². The van der Waals surface area contributed by atoms with Gasteiger partial charge in [0.15, 0.2) is 0 Å². The van der Waals surface area contributed by atoms with Crippen LogP contribution in [0.25, 0.3) is 0 Å². The van der Waals surface area contributed by atoms with Gasteiger partial charge >= 0.3 is 5.97 Å². The summed E-state index contributed by atoms with van der Waals surface area (Å²) < 4.78 is 5.03. The SMILES string of the molecule is CCCC(Nc1ccc(OC)cc1)C(=O)O. The van der Waals surface area contributed by atoms with Crippen LogP contribution in [0.2, 0.25) is 0 Å². The highest BCUT2D eigenvalue weighted by atomic mass is 16.5. The van der Waals surface area contributed by atoms with Crippen molar-refractivity contribution in [2.45, 2.75) is 25.8 Å². The highest BCUT2D eigenvalue weighted by Gasteiger charge is 2.15. The second-order valence-electron chi connectivity index (χ2n) is 3.55. The first kappa shape index (κ1) is 12.4. The van der Waals surface area contributed by atoms with Crippen LogP contribution in [-0.2, 0) is 4.79 Å². The average Bonchev–Trinajstić information content (AvgIpc) is 2.29. The number of benzene rings is 1. The summed E-state index contributed by atoms with van der Waals surface area (Å²) in [6.45, 7) is 1.96. The predicted octanol–water partition coefficient (Wildman–Crippen LogP) is 2.36. The molecule has 1 aromatic carbocycles. The zero-order valence-corrected chi connectivity index (χ0v) is 9.56. The standard InChI is InChI=1S/C12H17NO3/c1-3-4-11(12(14)15)13-9-5-7-10(16-2)8-6-9/h5-8,11,13H,3-4H2,1-2H3,(H,14,15). The van der Waals surface area contributed by atoms with Crippen LogP contribution < -0.4 is 10.1 Å². The van der Waals surface area contributed by atoms with Gasteiger partial charge in [0, 0.05) is 5.69 Å². The lowest BCUT2D eigenvalue weighted by molar-refractivity contribution is -0.138. The van der Waals surface area contributed by atoms with Gasteiger partial charge in [0.05, 0.1) is 7.11 Å². The van der Waals surface area contributed by atoms with Gasteiger partial charge in [-0.05, 0) is 30.7 Å². The molecule has 0 heterocycles. The normalized spacial score (nSPS) is 11.9. The highest BCUT2D eigenvalue weighted by Crippen LogP contribution is 2.16. The Morgan fingerprint density at radius 1 is 1.44 bits per heavy atom. The van der Waals surface area contributed by atoms with E-state index in [0.29, 0.717) is 6.42 Å². The first-order valence-electron chi connectivity index (χ1n) is 5.30. The maximum atomic E-state index is 10.9. The largest absolute Gasteiger partial charge is 0.497 e. The molecule has 0 aliphatic rings. The summed E-state index contributed by atoms with van der Waals surface area (Å²) in [6.07, 6.45) is 1.45. The number of carboxylic acid groups (broad SMARTS) is 1. The van der Waals surface area contributed by atoms with Gasteiger partial charge in [-0.1, -0.05) is 13.3 Å². The van der Waals surface area contributed by atoms with Gasteiger partial charge in [-0.25, -0.2) is 4.79 Å². The second kappa shape index (κ2) is 6.00. The molecule has 0 aliphatic heterocycles. The van der Waals surface area contributed by atoms with Crippen molar-refractivity contribution in [3.63, 3.8) is 0 Å². The third-order valence-corrected chi connectivity index (χ3v) is 2.31. The molecule has 0 spiro atoms. The van der Waals surface area contributed by atoms with Crippen molar-refractivity contribution < 1.29 is 14.6 Å². The van der Waals surface area contributed by atoms with E-state index in [1.807, 2.05) is 19.1 Å². The maximum absolute atomic E-state index is 10.9. The average molecular weight is 223 g/mol. The number of hydrogen-bond donors (Lipinski definition) is 2. The van der Waals surface area contributed by atoms with Gasteiger partial charge in [-0.3, -0.25) is 0 Å². The molecule has 1 unspecified atom stereocenters. The Kier molecular flexibility index (Phi) is 4.64. The quantitative estimate of drug-likeness (QED) is 0.777. The first-order chi connectivity index (χ1) is 7.67. The number of aliphatic carboxylic acids is 1. The minimum Gasteiger partial charge on any atom is -0.497 e. The van der Waals surface area contributed by atoms with Crippen molar-refractivity contribution in [1.29, 1.82) is 0 Å². The Labute approximate surface area is 95.2 Å². The molecule has 88 valence electrons. The molecule has 0 bridgehead atoms. The van der Waals surface area contributed by atoms with Crippen molar-refractivity contribution in [3.05, 3.63) is 24.3 Å². The minimum absolute atomic E-state index is 0.529. The van der Waals surface area contributed by atoms with Crippen LogP contribution in [-0.4, -0.2) is 24.2 Å². The van der Waals surface area contributed by atoms with Gasteiger partial charge in [0.2, 0.25) is 0 Å². The molecule has 0 radical (unpaired) electrons. The molecule has 4 nitrogen and oxygen atoms in total. The van der Waals surface area contributed by atoms with Crippen molar-refractivity contribution in [2.75, 3.05) is 12.4 Å². The molecule has 0 saturated carbocycles. The number of anilines is 1. The number of carboxylic acids is 1. The first-order valence-corrected chi connectivity index (χ1v) is 5.30. The van der Waals surface area contributed by atoms with E-state index in [2.05, 4.69) is 5.32 Å². The van der Waals surface area contributed by atoms with Crippen LogP contribution in [0.15, 0.2) is 24.3 Å². The summed E-state index contributed by atoms with van der Waals surface area (Å²) in [5, 5.41) is 12.0.